The van der Waals surface area contributed by atoms with E-state index in [2.05, 4.69) is 287 Å². The predicted molar refractivity (Wildman–Crippen MR) is 298 cm³/mol. The highest BCUT2D eigenvalue weighted by Crippen LogP contribution is 2.43. The van der Waals surface area contributed by atoms with Gasteiger partial charge >= 0.3 is 0 Å². The summed E-state index contributed by atoms with van der Waals surface area (Å²) in [4.78, 5) is 9.54. The molecule has 0 saturated heterocycles. The number of para-hydroxylation sites is 1. The molecule has 2 aliphatic rings. The van der Waals surface area contributed by atoms with Crippen LogP contribution in [0.3, 0.4) is 0 Å². The van der Waals surface area contributed by atoms with Crippen molar-refractivity contribution in [3.05, 3.63) is 278 Å². The number of allylic oxidation sites excluding steroid dienone is 7. The lowest BCUT2D eigenvalue weighted by molar-refractivity contribution is 0.918. The fourth-order valence-corrected chi connectivity index (χ4v) is 10.1. The standard InChI is InChI=1S/C66H52N4/c1-4-22-55(23-5-1)68(64-31-28-49-16-10-13-19-52(49)46-64)61-40-34-58(35-41-61)67(59-36-42-62(43-37-59)69(56-24-6-2-7-25-56)65-32-29-50-17-11-14-20-53(50)47-65)60-38-44-63(45-39-60)70(57-26-8-3-9-27-57)66-33-30-51-18-12-15-21-54(51)48-66/h1-2,4-6,8,10-24,26-48H,3,7,9,25H2. The second kappa shape index (κ2) is 19.0. The van der Waals surface area contributed by atoms with E-state index in [1.807, 2.05) is 0 Å². The lowest BCUT2D eigenvalue weighted by Gasteiger charge is -2.31. The average molecular weight is 901 g/mol. The van der Waals surface area contributed by atoms with E-state index in [4.69, 9.17) is 0 Å². The van der Waals surface area contributed by atoms with Gasteiger partial charge in [-0.05, 0) is 191 Å². The Hall–Kier alpha value is -8.86. The van der Waals surface area contributed by atoms with Crippen molar-refractivity contribution in [2.24, 2.45) is 0 Å². The van der Waals surface area contributed by atoms with Crippen LogP contribution in [-0.4, -0.2) is 0 Å². The summed E-state index contributed by atoms with van der Waals surface area (Å²) in [7, 11) is 0. The van der Waals surface area contributed by atoms with Crippen molar-refractivity contribution in [3.8, 4) is 0 Å². The third-order valence-corrected chi connectivity index (χ3v) is 13.6. The van der Waals surface area contributed by atoms with Crippen LogP contribution in [0.25, 0.3) is 32.3 Å². The summed E-state index contributed by atoms with van der Waals surface area (Å²) in [6, 6.07) is 83.9. The summed E-state index contributed by atoms with van der Waals surface area (Å²) < 4.78 is 0. The Morgan fingerprint density at radius 1 is 0.271 bits per heavy atom. The fraction of sp³-hybridized carbons (Fsp3) is 0.0606. The summed E-state index contributed by atoms with van der Waals surface area (Å²) in [5, 5.41) is 7.36. The Morgan fingerprint density at radius 2 is 0.643 bits per heavy atom. The molecule has 0 aromatic heterocycles. The third kappa shape index (κ3) is 8.52. The molecular weight excluding hydrogens is 849 g/mol. The number of hydrogen-bond donors (Lipinski definition) is 0. The van der Waals surface area contributed by atoms with Crippen molar-refractivity contribution < 1.29 is 0 Å². The van der Waals surface area contributed by atoms with E-state index in [-0.39, 0.29) is 0 Å². The molecule has 0 radical (unpaired) electrons. The molecule has 10 aromatic rings. The molecule has 0 fully saturated rings. The van der Waals surface area contributed by atoms with E-state index in [1.165, 1.54) is 43.7 Å². The van der Waals surface area contributed by atoms with Gasteiger partial charge in [0, 0.05) is 68.3 Å². The second-order valence-corrected chi connectivity index (χ2v) is 18.1. The molecule has 10 aromatic carbocycles. The number of fused-ring (bicyclic) bond motifs is 3. The number of nitrogens with zero attached hydrogens (tertiary/aromatic N) is 4. The zero-order valence-corrected chi connectivity index (χ0v) is 39.0. The molecule has 4 heteroatoms. The maximum Gasteiger partial charge on any atom is 0.0468 e. The monoisotopic (exact) mass is 900 g/mol. The third-order valence-electron chi connectivity index (χ3n) is 13.6. The maximum absolute atomic E-state index is 2.42. The first kappa shape index (κ1) is 42.5. The van der Waals surface area contributed by atoms with E-state index in [0.29, 0.717) is 0 Å². The van der Waals surface area contributed by atoms with E-state index in [0.717, 1.165) is 82.6 Å². The first-order valence-electron chi connectivity index (χ1n) is 24.4. The van der Waals surface area contributed by atoms with Gasteiger partial charge in [-0.15, -0.1) is 0 Å². The zero-order valence-electron chi connectivity index (χ0n) is 39.0. The molecule has 4 nitrogen and oxygen atoms in total. The van der Waals surface area contributed by atoms with Gasteiger partial charge in [0.15, 0.2) is 0 Å². The molecule has 70 heavy (non-hydrogen) atoms. The topological polar surface area (TPSA) is 13.0 Å². The number of hydrogen-bond acceptors (Lipinski definition) is 4. The zero-order chi connectivity index (χ0) is 46.6. The van der Waals surface area contributed by atoms with E-state index in [9.17, 15) is 0 Å². The Balaban J connectivity index is 0.955. The Labute approximate surface area is 410 Å². The van der Waals surface area contributed by atoms with Crippen LogP contribution in [-0.2, 0) is 0 Å². The summed E-state index contributed by atoms with van der Waals surface area (Å²) in [5.74, 6) is 0. The van der Waals surface area contributed by atoms with Gasteiger partial charge < -0.3 is 19.6 Å². The van der Waals surface area contributed by atoms with Gasteiger partial charge in [-0.3, -0.25) is 0 Å². The van der Waals surface area contributed by atoms with Crippen molar-refractivity contribution in [1.82, 2.24) is 0 Å². The van der Waals surface area contributed by atoms with Crippen LogP contribution < -0.4 is 19.6 Å². The lowest BCUT2D eigenvalue weighted by atomic mass is 10.0. The van der Waals surface area contributed by atoms with Crippen LogP contribution >= 0.6 is 0 Å². The van der Waals surface area contributed by atoms with E-state index < -0.39 is 0 Å². The number of benzene rings is 10. The molecule has 0 heterocycles. The van der Waals surface area contributed by atoms with Crippen LogP contribution in [0.4, 0.5) is 56.9 Å². The maximum atomic E-state index is 2.42. The van der Waals surface area contributed by atoms with Crippen molar-refractivity contribution >= 4 is 89.2 Å². The highest BCUT2D eigenvalue weighted by Gasteiger charge is 2.21. The van der Waals surface area contributed by atoms with Gasteiger partial charge in [0.1, 0.15) is 0 Å². The van der Waals surface area contributed by atoms with Crippen molar-refractivity contribution in [3.63, 3.8) is 0 Å². The molecule has 0 unspecified atom stereocenters. The van der Waals surface area contributed by atoms with Crippen LogP contribution in [0.1, 0.15) is 25.7 Å². The normalized spacial score (nSPS) is 13.3. The fourth-order valence-electron chi connectivity index (χ4n) is 10.1. The molecule has 0 spiro atoms. The van der Waals surface area contributed by atoms with Gasteiger partial charge in [0.05, 0.1) is 0 Å². The van der Waals surface area contributed by atoms with Crippen molar-refractivity contribution in [1.29, 1.82) is 0 Å². The molecule has 12 rings (SSSR count). The Kier molecular flexibility index (Phi) is 11.6. The molecule has 0 aliphatic heterocycles. The van der Waals surface area contributed by atoms with Gasteiger partial charge in [-0.25, -0.2) is 0 Å². The van der Waals surface area contributed by atoms with Gasteiger partial charge in [0.25, 0.3) is 0 Å². The molecule has 2 aliphatic carbocycles. The number of anilines is 10. The van der Waals surface area contributed by atoms with Crippen LogP contribution in [0.5, 0.6) is 0 Å². The minimum atomic E-state index is 0.970. The van der Waals surface area contributed by atoms with Crippen molar-refractivity contribution in [2.45, 2.75) is 25.7 Å². The van der Waals surface area contributed by atoms with E-state index in [1.54, 1.807) is 0 Å². The number of rotatable bonds is 12. The molecular formula is C66H52N4. The van der Waals surface area contributed by atoms with Crippen molar-refractivity contribution in [2.75, 3.05) is 19.6 Å². The molecule has 0 saturated carbocycles. The summed E-state index contributed by atoms with van der Waals surface area (Å²) in [5.41, 5.74) is 13.5. The van der Waals surface area contributed by atoms with E-state index >= 15 is 0 Å². The minimum Gasteiger partial charge on any atom is -0.314 e. The summed E-state index contributed by atoms with van der Waals surface area (Å²) in [6.07, 6.45) is 17.7. The van der Waals surface area contributed by atoms with Crippen LogP contribution in [0, 0.1) is 0 Å². The SMILES string of the molecule is C1=CCCC(N(c2ccc(N(c3ccc(N(C4=CCCC=C4)c4ccc5ccccc5c4)cc3)c3ccc(N(c4ccccc4)c4ccc5ccccc5c4)cc3)cc2)c2ccc3ccccc3c2)=C1. The molecule has 336 valence electrons. The highest BCUT2D eigenvalue weighted by molar-refractivity contribution is 5.92. The molecule has 0 atom stereocenters. The minimum absolute atomic E-state index is 0.970. The van der Waals surface area contributed by atoms with Gasteiger partial charge in [-0.2, -0.15) is 0 Å². The summed E-state index contributed by atoms with van der Waals surface area (Å²) >= 11 is 0. The first-order valence-corrected chi connectivity index (χ1v) is 24.4. The average Bonchev–Trinajstić information content (AvgIpc) is 3.43. The second-order valence-electron chi connectivity index (χ2n) is 18.1. The molecule has 0 bridgehead atoms. The van der Waals surface area contributed by atoms with Crippen LogP contribution in [0.2, 0.25) is 0 Å². The Morgan fingerprint density at radius 3 is 1.09 bits per heavy atom. The summed E-state index contributed by atoms with van der Waals surface area (Å²) in [6.45, 7) is 0. The molecule has 0 amide bonds. The predicted octanol–water partition coefficient (Wildman–Crippen LogP) is 18.8. The van der Waals surface area contributed by atoms with Gasteiger partial charge in [0.2, 0.25) is 0 Å². The quantitative estimate of drug-likeness (QED) is 0.121. The van der Waals surface area contributed by atoms with Crippen LogP contribution in [0.15, 0.2) is 278 Å². The smallest absolute Gasteiger partial charge is 0.0468 e. The first-order chi connectivity index (χ1) is 34.7. The highest BCUT2D eigenvalue weighted by atomic mass is 15.2. The molecule has 0 N–H and O–H groups in total. The largest absolute Gasteiger partial charge is 0.314 e. The van der Waals surface area contributed by atoms with Gasteiger partial charge in [-0.1, -0.05) is 133 Å². The Bertz CT molecular complexity index is 3610. The lowest BCUT2D eigenvalue weighted by Crippen LogP contribution is -2.18.